The van der Waals surface area contributed by atoms with E-state index in [4.69, 9.17) is 53.7 Å². The molecule has 3 aliphatic rings. The lowest BCUT2D eigenvalue weighted by atomic mass is 9.55. The second-order valence-corrected chi connectivity index (χ2v) is 43.9. The molecule has 0 radical (unpaired) electrons. The maximum atomic E-state index is 6.25. The third kappa shape index (κ3) is 14.5. The van der Waals surface area contributed by atoms with E-state index in [9.17, 15) is 0 Å². The van der Waals surface area contributed by atoms with Crippen molar-refractivity contribution in [1.29, 1.82) is 0 Å². The Balaban J connectivity index is 0.000000111. The van der Waals surface area contributed by atoms with E-state index in [1.165, 1.54) is 126 Å². The van der Waals surface area contributed by atoms with Crippen molar-refractivity contribution in [2.24, 2.45) is 0 Å². The lowest BCUT2D eigenvalue weighted by molar-refractivity contribution is 0.299. The van der Waals surface area contributed by atoms with E-state index in [1.807, 2.05) is 121 Å². The van der Waals surface area contributed by atoms with Crippen LogP contribution < -0.4 is 0 Å². The Morgan fingerprint density at radius 1 is 0.140 bits per heavy atom. The number of hydrogen-bond acceptors (Lipinski definition) is 11. The number of para-hydroxylation sites is 2. The van der Waals surface area contributed by atoms with Gasteiger partial charge in [0.05, 0.1) is 0 Å². The number of benzene rings is 21. The van der Waals surface area contributed by atoms with E-state index in [0.29, 0.717) is 52.4 Å². The van der Waals surface area contributed by atoms with Crippen LogP contribution in [-0.2, 0) is 32.5 Å². The summed E-state index contributed by atoms with van der Waals surface area (Å²) < 4.78 is 12.5. The third-order valence-corrected chi connectivity index (χ3v) is 34.4. The molecule has 11 heteroatoms. The summed E-state index contributed by atoms with van der Waals surface area (Å²) in [6.45, 7) is 28.7. The van der Waals surface area contributed by atoms with Crippen molar-refractivity contribution in [3.05, 3.63) is 452 Å². The first-order valence-corrected chi connectivity index (χ1v) is 51.9. The summed E-state index contributed by atoms with van der Waals surface area (Å²) in [5.74, 6) is 5.77. The first kappa shape index (κ1) is 90.8. The van der Waals surface area contributed by atoms with Crippen LogP contribution in [0, 0.1) is 0 Å². The predicted octanol–water partition coefficient (Wildman–Crippen LogP) is 36.2. The Morgan fingerprint density at radius 3 is 0.947 bits per heavy atom. The van der Waals surface area contributed by atoms with Crippen LogP contribution in [0.5, 0.6) is 0 Å². The van der Waals surface area contributed by atoms with Gasteiger partial charge < -0.3 is 8.83 Å². The minimum atomic E-state index is -0.0867. The van der Waals surface area contributed by atoms with Crippen LogP contribution in [0.3, 0.4) is 0 Å². The van der Waals surface area contributed by atoms with Crippen molar-refractivity contribution < 1.29 is 8.83 Å². The molecule has 718 valence electrons. The van der Waals surface area contributed by atoms with E-state index < -0.39 is 0 Å². The lowest BCUT2D eigenvalue weighted by Gasteiger charge is -2.48. The Morgan fingerprint density at radius 2 is 0.433 bits per heavy atom. The molecule has 0 saturated heterocycles. The second kappa shape index (κ2) is 34.4. The van der Waals surface area contributed by atoms with Crippen LogP contribution >= 0.6 is 0 Å². The standard InChI is InChI=1S/2C47H35N3O.C45H35N3/c1-46(2)38-18-10-8-15-32(38)37-25-30-23-21-28-22-24-31(26-35(28)36(30)27-39(37)47(46,3)4)44-48-43(29-13-6-5-7-14-29)49-45(50-44)34-17-12-20-41-42(34)33-16-9-11-19-40(33)51-41;1-46(2)39-16-10-8-14-34(39)38-25-30-19-18-29-24-31(20-22-33(29)37(30)27-40(38)47(46,3)4)44-48-43(28-12-6-5-7-13-28)49-45(50-44)32-21-23-36-35-15-9-11-17-41(35)51-42(36)26-32;1-44(2)39-20-11-10-17-35(39)38-26-31-23-24-34-33(37(31)27-40(38)45(44,3)4)18-12-19-36(34)43-47-41(29-14-6-5-7-15-29)46-42(48-43)32-22-21-28-13-8-9-16-30(28)25-32/h2*5-27H,1-4H3;5-27H,1-4H3. The highest BCUT2D eigenvalue weighted by Gasteiger charge is 2.49. The molecule has 11 nitrogen and oxygen atoms in total. The van der Waals surface area contributed by atoms with Gasteiger partial charge in [-0.1, -0.05) is 417 Å². The van der Waals surface area contributed by atoms with E-state index in [0.717, 1.165) is 110 Å². The molecule has 0 atom stereocenters. The highest BCUT2D eigenvalue weighted by Crippen LogP contribution is 2.59. The molecule has 0 saturated carbocycles. The van der Waals surface area contributed by atoms with Gasteiger partial charge in [-0.25, -0.2) is 44.9 Å². The largest absolute Gasteiger partial charge is 0.456 e. The zero-order valence-electron chi connectivity index (χ0n) is 85.7. The molecule has 26 aromatic rings. The van der Waals surface area contributed by atoms with Crippen molar-refractivity contribution >= 4 is 119 Å². The fourth-order valence-corrected chi connectivity index (χ4v) is 24.0. The van der Waals surface area contributed by atoms with Gasteiger partial charge in [0, 0.05) is 71.6 Å². The normalized spacial score (nSPS) is 14.6. The number of fused-ring (bicyclic) bond motifs is 25. The molecule has 0 N–H and O–H groups in total. The quantitative estimate of drug-likeness (QED) is 0.127. The molecule has 3 aliphatic carbocycles. The average molecular weight is 1930 g/mol. The molecule has 0 fully saturated rings. The average Bonchev–Trinajstić information content (AvgIpc) is 0.762. The zero-order valence-corrected chi connectivity index (χ0v) is 85.7. The maximum absolute atomic E-state index is 6.25. The Kier molecular flexibility index (Phi) is 20.8. The van der Waals surface area contributed by atoms with E-state index in [-0.39, 0.29) is 32.5 Å². The number of nitrogens with zero attached hydrogens (tertiary/aromatic N) is 9. The number of aromatic nitrogens is 9. The Labute approximate surface area is 870 Å². The minimum absolute atomic E-state index is 0.0240. The molecule has 0 amide bonds. The van der Waals surface area contributed by atoms with Gasteiger partial charge >= 0.3 is 0 Å². The molecule has 150 heavy (non-hydrogen) atoms. The Bertz CT molecular complexity index is 10100. The second-order valence-electron chi connectivity index (χ2n) is 43.9. The van der Waals surface area contributed by atoms with Crippen molar-refractivity contribution in [3.8, 4) is 136 Å². The van der Waals surface area contributed by atoms with Crippen molar-refractivity contribution in [3.63, 3.8) is 0 Å². The van der Waals surface area contributed by atoms with Crippen molar-refractivity contribution in [2.45, 2.75) is 116 Å². The number of rotatable bonds is 9. The molecular weight excluding hydrogens is 1830 g/mol. The molecule has 21 aromatic carbocycles. The molecule has 0 spiro atoms. The van der Waals surface area contributed by atoms with Crippen molar-refractivity contribution in [2.75, 3.05) is 0 Å². The topological polar surface area (TPSA) is 142 Å². The molecule has 0 aliphatic heterocycles. The monoisotopic (exact) mass is 1930 g/mol. The molecular formula is C139H105N9O2. The SMILES string of the molecule is CC1(C)c2ccccc2-c2cc3ccc4c(-c5nc(-c6ccccc6)nc(-c6ccc7ccccc7c6)n5)cccc4c3cc2C1(C)C.CC1(C)c2ccccc2-c2cc3ccc4cc(-c5nc(-c6ccccc6)nc(-c6ccc7c(c6)oc6ccccc67)n5)ccc4c3cc2C1(C)C.CC1(C)c2ccccc2-c2cc3ccc4ccc(-c5nc(-c6ccccc6)nc(-c6cccc7oc8ccccc8c67)n5)cc4c3cc2C1(C)C. The molecule has 0 unspecified atom stereocenters. The summed E-state index contributed by atoms with van der Waals surface area (Å²) in [4.78, 5) is 45.7. The van der Waals surface area contributed by atoms with Crippen LogP contribution in [0.1, 0.15) is 116 Å². The number of furan rings is 2. The van der Waals surface area contributed by atoms with Crippen LogP contribution in [0.2, 0.25) is 0 Å². The van der Waals surface area contributed by atoms with Crippen LogP contribution in [0.15, 0.2) is 427 Å². The Hall–Kier alpha value is -17.9. The summed E-state index contributed by atoms with van der Waals surface area (Å²) in [6.07, 6.45) is 0. The van der Waals surface area contributed by atoms with Crippen LogP contribution in [0.4, 0.5) is 0 Å². The smallest absolute Gasteiger partial charge is 0.164 e. The summed E-state index contributed by atoms with van der Waals surface area (Å²) in [5.41, 5.74) is 27.9. The number of hydrogen-bond donors (Lipinski definition) is 0. The summed E-state index contributed by atoms with van der Waals surface area (Å²) in [6, 6.07) is 148. The zero-order chi connectivity index (χ0) is 102. The summed E-state index contributed by atoms with van der Waals surface area (Å²) in [7, 11) is 0. The van der Waals surface area contributed by atoms with E-state index >= 15 is 0 Å². The molecule has 5 aromatic heterocycles. The molecule has 5 heterocycles. The third-order valence-electron chi connectivity index (χ3n) is 34.4. The first-order chi connectivity index (χ1) is 72.8. The van der Waals surface area contributed by atoms with Gasteiger partial charge in [-0.05, 0) is 260 Å². The van der Waals surface area contributed by atoms with Gasteiger partial charge in [0.1, 0.15) is 22.3 Å². The predicted molar refractivity (Wildman–Crippen MR) is 620 cm³/mol. The highest BCUT2D eigenvalue weighted by molar-refractivity contribution is 6.16. The van der Waals surface area contributed by atoms with Gasteiger partial charge in [-0.3, -0.25) is 0 Å². The van der Waals surface area contributed by atoms with Gasteiger partial charge in [-0.15, -0.1) is 0 Å². The van der Waals surface area contributed by atoms with E-state index in [1.54, 1.807) is 0 Å². The van der Waals surface area contributed by atoms with Crippen LogP contribution in [-0.4, -0.2) is 44.9 Å². The molecule has 0 bridgehead atoms. The van der Waals surface area contributed by atoms with Gasteiger partial charge in [0.2, 0.25) is 0 Å². The summed E-state index contributed by atoms with van der Waals surface area (Å²) in [5, 5.41) is 21.1. The van der Waals surface area contributed by atoms with Crippen molar-refractivity contribution in [1.82, 2.24) is 44.9 Å². The summed E-state index contributed by atoms with van der Waals surface area (Å²) >= 11 is 0. The molecule has 29 rings (SSSR count). The highest BCUT2D eigenvalue weighted by atomic mass is 16.3. The maximum Gasteiger partial charge on any atom is 0.164 e. The van der Waals surface area contributed by atoms with E-state index in [2.05, 4.69) is 380 Å². The lowest BCUT2D eigenvalue weighted by Crippen LogP contribution is -2.43. The minimum Gasteiger partial charge on any atom is -0.456 e. The fourth-order valence-electron chi connectivity index (χ4n) is 24.0. The fraction of sp³-hybridized carbons (Fsp3) is 0.129. The van der Waals surface area contributed by atoms with Gasteiger partial charge in [0.15, 0.2) is 52.4 Å². The van der Waals surface area contributed by atoms with Crippen LogP contribution in [0.25, 0.3) is 255 Å². The first-order valence-electron chi connectivity index (χ1n) is 51.9. The van der Waals surface area contributed by atoms with Gasteiger partial charge in [-0.2, -0.15) is 0 Å². The van der Waals surface area contributed by atoms with Gasteiger partial charge in [0.25, 0.3) is 0 Å².